The van der Waals surface area contributed by atoms with Gasteiger partial charge in [-0.3, -0.25) is 0 Å². The van der Waals surface area contributed by atoms with Gasteiger partial charge in [0.15, 0.2) is 0 Å². The van der Waals surface area contributed by atoms with Gasteiger partial charge in [-0.05, 0) is 30.5 Å². The van der Waals surface area contributed by atoms with Crippen LogP contribution in [0.3, 0.4) is 0 Å². The summed E-state index contributed by atoms with van der Waals surface area (Å²) >= 11 is 0. The quantitative estimate of drug-likeness (QED) is 0.914. The van der Waals surface area contributed by atoms with Gasteiger partial charge in [0.2, 0.25) is 0 Å². The van der Waals surface area contributed by atoms with Crippen LogP contribution in [0.4, 0.5) is 0 Å². The molecule has 2 heterocycles. The van der Waals surface area contributed by atoms with Gasteiger partial charge in [-0.2, -0.15) is 17.4 Å². The molecule has 23 heavy (non-hydrogen) atoms. The standard InChI is InChI=1S/C17H22N2O3S/c20-23(21,19-12-6-1-2-7-13-19)18-17(16-11-8-14-22-16)15-9-4-3-5-10-15/h3-5,8-11,14,17-18H,1-2,6-7,12-13H2. The third kappa shape index (κ3) is 4.02. The number of rotatable bonds is 5. The molecule has 0 amide bonds. The van der Waals surface area contributed by atoms with Gasteiger partial charge in [0, 0.05) is 13.1 Å². The molecule has 124 valence electrons. The van der Waals surface area contributed by atoms with E-state index in [-0.39, 0.29) is 0 Å². The Hall–Kier alpha value is -1.63. The first kappa shape index (κ1) is 16.2. The Morgan fingerprint density at radius 2 is 1.65 bits per heavy atom. The first-order valence-electron chi connectivity index (χ1n) is 8.02. The summed E-state index contributed by atoms with van der Waals surface area (Å²) in [5.41, 5.74) is 0.862. The number of furan rings is 1. The van der Waals surface area contributed by atoms with Crippen LogP contribution in [-0.2, 0) is 10.2 Å². The molecule has 0 bridgehead atoms. The summed E-state index contributed by atoms with van der Waals surface area (Å²) in [4.78, 5) is 0. The Kier molecular flexibility index (Phi) is 5.15. The van der Waals surface area contributed by atoms with Crippen molar-refractivity contribution in [3.05, 3.63) is 60.1 Å². The molecular formula is C17H22N2O3S. The molecule has 1 unspecified atom stereocenters. The van der Waals surface area contributed by atoms with Gasteiger partial charge >= 0.3 is 0 Å². The van der Waals surface area contributed by atoms with E-state index in [9.17, 15) is 8.42 Å². The largest absolute Gasteiger partial charge is 0.467 e. The van der Waals surface area contributed by atoms with Crippen LogP contribution in [0.25, 0.3) is 0 Å². The topological polar surface area (TPSA) is 62.6 Å². The molecule has 3 rings (SSSR count). The van der Waals surface area contributed by atoms with Gasteiger partial charge in [0.1, 0.15) is 11.8 Å². The predicted octanol–water partition coefficient (Wildman–Crippen LogP) is 3.08. The van der Waals surface area contributed by atoms with Crippen LogP contribution in [-0.4, -0.2) is 25.8 Å². The molecule has 1 aromatic carbocycles. The average Bonchev–Trinajstić information content (AvgIpc) is 2.94. The lowest BCUT2D eigenvalue weighted by Gasteiger charge is -2.24. The highest BCUT2D eigenvalue weighted by atomic mass is 32.2. The molecule has 0 spiro atoms. The molecule has 0 radical (unpaired) electrons. The molecule has 1 fully saturated rings. The Balaban J connectivity index is 1.86. The van der Waals surface area contributed by atoms with Gasteiger partial charge in [-0.15, -0.1) is 0 Å². The van der Waals surface area contributed by atoms with E-state index in [1.807, 2.05) is 30.3 Å². The average molecular weight is 334 g/mol. The van der Waals surface area contributed by atoms with Gasteiger partial charge in [0.25, 0.3) is 10.2 Å². The normalized spacial score (nSPS) is 18.4. The Bertz CT molecular complexity index is 691. The molecule has 6 heteroatoms. The van der Waals surface area contributed by atoms with Crippen molar-refractivity contribution in [2.45, 2.75) is 31.7 Å². The molecule has 1 saturated heterocycles. The fourth-order valence-electron chi connectivity index (χ4n) is 2.90. The highest BCUT2D eigenvalue weighted by Gasteiger charge is 2.28. The van der Waals surface area contributed by atoms with E-state index in [0.717, 1.165) is 31.2 Å². The molecule has 2 aromatic rings. The minimum absolute atomic E-state index is 0.514. The van der Waals surface area contributed by atoms with E-state index in [2.05, 4.69) is 4.72 Å². The zero-order chi connectivity index (χ0) is 16.1. The van der Waals surface area contributed by atoms with Crippen LogP contribution < -0.4 is 4.72 Å². The van der Waals surface area contributed by atoms with Gasteiger partial charge < -0.3 is 4.42 Å². The maximum atomic E-state index is 12.8. The lowest BCUT2D eigenvalue weighted by molar-refractivity contribution is 0.402. The summed E-state index contributed by atoms with van der Waals surface area (Å²) in [6, 6.07) is 12.5. The van der Waals surface area contributed by atoms with E-state index in [0.29, 0.717) is 18.8 Å². The fraction of sp³-hybridized carbons (Fsp3) is 0.412. The maximum Gasteiger partial charge on any atom is 0.280 e. The van der Waals surface area contributed by atoms with Crippen LogP contribution in [0, 0.1) is 0 Å². The minimum atomic E-state index is -3.56. The van der Waals surface area contributed by atoms with Crippen LogP contribution in [0.2, 0.25) is 0 Å². The summed E-state index contributed by atoms with van der Waals surface area (Å²) < 4.78 is 35.4. The van der Waals surface area contributed by atoms with Crippen molar-refractivity contribution in [1.82, 2.24) is 9.03 Å². The number of nitrogens with zero attached hydrogens (tertiary/aromatic N) is 1. The van der Waals surface area contributed by atoms with Crippen molar-refractivity contribution in [1.29, 1.82) is 0 Å². The third-order valence-corrected chi connectivity index (χ3v) is 5.71. The highest BCUT2D eigenvalue weighted by molar-refractivity contribution is 7.87. The number of hydrogen-bond donors (Lipinski definition) is 1. The van der Waals surface area contributed by atoms with Gasteiger partial charge in [-0.25, -0.2) is 0 Å². The van der Waals surface area contributed by atoms with Crippen LogP contribution in [0.5, 0.6) is 0 Å². The summed E-state index contributed by atoms with van der Waals surface area (Å²) in [7, 11) is -3.56. The Morgan fingerprint density at radius 1 is 0.957 bits per heavy atom. The molecule has 5 nitrogen and oxygen atoms in total. The first-order chi connectivity index (χ1) is 11.2. The second-order valence-corrected chi connectivity index (χ2v) is 7.50. The maximum absolute atomic E-state index is 12.8. The summed E-state index contributed by atoms with van der Waals surface area (Å²) in [6.07, 6.45) is 5.57. The number of nitrogens with one attached hydrogen (secondary N) is 1. The smallest absolute Gasteiger partial charge is 0.280 e. The Morgan fingerprint density at radius 3 is 2.26 bits per heavy atom. The van der Waals surface area contributed by atoms with Crippen molar-refractivity contribution in [3.63, 3.8) is 0 Å². The number of hydrogen-bond acceptors (Lipinski definition) is 3. The summed E-state index contributed by atoms with van der Waals surface area (Å²) in [6.45, 7) is 1.16. The van der Waals surface area contributed by atoms with Crippen molar-refractivity contribution >= 4 is 10.2 Å². The highest BCUT2D eigenvalue weighted by Crippen LogP contribution is 2.24. The van der Waals surface area contributed by atoms with Gasteiger partial charge in [0.05, 0.1) is 6.26 Å². The van der Waals surface area contributed by atoms with Crippen molar-refractivity contribution in [2.24, 2.45) is 0 Å². The molecule has 1 aromatic heterocycles. The van der Waals surface area contributed by atoms with Crippen LogP contribution in [0.1, 0.15) is 43.0 Å². The second kappa shape index (κ2) is 7.29. The SMILES string of the molecule is O=S(=O)(NC(c1ccccc1)c1ccco1)N1CCCCCC1. The monoisotopic (exact) mass is 334 g/mol. The van der Waals surface area contributed by atoms with Gasteiger partial charge in [-0.1, -0.05) is 43.2 Å². The molecular weight excluding hydrogens is 312 g/mol. The molecule has 1 aliphatic rings. The minimum Gasteiger partial charge on any atom is -0.467 e. The molecule has 1 aliphatic heterocycles. The Labute approximate surface area is 137 Å². The van der Waals surface area contributed by atoms with Crippen LogP contribution in [0.15, 0.2) is 53.1 Å². The summed E-state index contributed by atoms with van der Waals surface area (Å²) in [5, 5.41) is 0. The second-order valence-electron chi connectivity index (χ2n) is 5.80. The van der Waals surface area contributed by atoms with E-state index < -0.39 is 16.3 Å². The molecule has 0 saturated carbocycles. The fourth-order valence-corrected chi connectivity index (χ4v) is 4.33. The number of benzene rings is 1. The predicted molar refractivity (Wildman–Crippen MR) is 89.1 cm³/mol. The zero-order valence-electron chi connectivity index (χ0n) is 13.0. The van der Waals surface area contributed by atoms with Crippen molar-refractivity contribution in [3.8, 4) is 0 Å². The lowest BCUT2D eigenvalue weighted by Crippen LogP contribution is -2.43. The molecule has 0 aliphatic carbocycles. The van der Waals surface area contributed by atoms with E-state index in [1.165, 1.54) is 0 Å². The van der Waals surface area contributed by atoms with E-state index in [4.69, 9.17) is 4.42 Å². The van der Waals surface area contributed by atoms with E-state index in [1.54, 1.807) is 22.7 Å². The third-order valence-electron chi connectivity index (χ3n) is 4.13. The van der Waals surface area contributed by atoms with Crippen molar-refractivity contribution in [2.75, 3.05) is 13.1 Å². The first-order valence-corrected chi connectivity index (χ1v) is 9.46. The molecule has 1 atom stereocenters. The molecule has 1 N–H and O–H groups in total. The van der Waals surface area contributed by atoms with Crippen LogP contribution >= 0.6 is 0 Å². The zero-order valence-corrected chi connectivity index (χ0v) is 13.8. The van der Waals surface area contributed by atoms with E-state index >= 15 is 0 Å². The lowest BCUT2D eigenvalue weighted by atomic mass is 10.1. The summed E-state index contributed by atoms with van der Waals surface area (Å²) in [5.74, 6) is 0.592. The van der Waals surface area contributed by atoms with Crippen molar-refractivity contribution < 1.29 is 12.8 Å².